The standard InChI is InChI=1S/C15H26N2O3S/c1-2-11-5-7-15(8-6-11,13(18)19)17-14(20)16-12-4-3-9-21-10-12/h11-12H,2-10H2,1H3,(H,18,19)(H2,16,17,20). The summed E-state index contributed by atoms with van der Waals surface area (Å²) in [4.78, 5) is 23.8. The van der Waals surface area contributed by atoms with Crippen LogP contribution in [0.2, 0.25) is 0 Å². The first kappa shape index (κ1) is 16.5. The number of aliphatic carboxylic acids is 1. The maximum atomic E-state index is 12.1. The van der Waals surface area contributed by atoms with Crippen LogP contribution in [0.1, 0.15) is 51.9 Å². The number of carbonyl (C=O) groups excluding carboxylic acids is 1. The average Bonchev–Trinajstić information content (AvgIpc) is 2.48. The fourth-order valence-electron chi connectivity index (χ4n) is 3.26. The molecular weight excluding hydrogens is 288 g/mol. The number of thioether (sulfide) groups is 1. The second-order valence-corrected chi connectivity index (χ2v) is 7.40. The van der Waals surface area contributed by atoms with Gasteiger partial charge in [-0.25, -0.2) is 9.59 Å². The highest BCUT2D eigenvalue weighted by molar-refractivity contribution is 7.99. The lowest BCUT2D eigenvalue weighted by molar-refractivity contribution is -0.146. The van der Waals surface area contributed by atoms with E-state index in [1.807, 2.05) is 11.8 Å². The Morgan fingerprint density at radius 2 is 2.00 bits per heavy atom. The molecule has 1 saturated heterocycles. The number of nitrogens with one attached hydrogen (secondary N) is 2. The van der Waals surface area contributed by atoms with Crippen LogP contribution in [0.15, 0.2) is 0 Å². The lowest BCUT2D eigenvalue weighted by atomic mass is 9.75. The van der Waals surface area contributed by atoms with Crippen LogP contribution in [0.25, 0.3) is 0 Å². The molecule has 1 aliphatic heterocycles. The molecular formula is C15H26N2O3S. The molecule has 1 unspecified atom stereocenters. The molecule has 0 aromatic heterocycles. The summed E-state index contributed by atoms with van der Waals surface area (Å²) < 4.78 is 0. The third kappa shape index (κ3) is 4.28. The highest BCUT2D eigenvalue weighted by Crippen LogP contribution is 2.34. The minimum Gasteiger partial charge on any atom is -0.480 e. The highest BCUT2D eigenvalue weighted by Gasteiger charge is 2.43. The number of carboxylic acids is 1. The van der Waals surface area contributed by atoms with Crippen LogP contribution < -0.4 is 10.6 Å². The van der Waals surface area contributed by atoms with Crippen molar-refractivity contribution in [2.24, 2.45) is 5.92 Å². The van der Waals surface area contributed by atoms with Crippen molar-refractivity contribution in [1.82, 2.24) is 10.6 Å². The molecule has 1 atom stereocenters. The number of rotatable bonds is 4. The van der Waals surface area contributed by atoms with Gasteiger partial charge in [-0.05, 0) is 50.2 Å². The Morgan fingerprint density at radius 3 is 2.52 bits per heavy atom. The first-order valence-electron chi connectivity index (χ1n) is 7.95. The minimum absolute atomic E-state index is 0.168. The summed E-state index contributed by atoms with van der Waals surface area (Å²) in [7, 11) is 0. The summed E-state index contributed by atoms with van der Waals surface area (Å²) in [6.45, 7) is 2.14. The van der Waals surface area contributed by atoms with Crippen molar-refractivity contribution in [2.75, 3.05) is 11.5 Å². The lowest BCUT2D eigenvalue weighted by Gasteiger charge is -2.37. The predicted octanol–water partition coefficient (Wildman–Crippen LogP) is 2.60. The fourth-order valence-corrected chi connectivity index (χ4v) is 4.34. The topological polar surface area (TPSA) is 78.4 Å². The molecule has 21 heavy (non-hydrogen) atoms. The first-order chi connectivity index (χ1) is 10.1. The number of carboxylic acid groups (broad SMARTS) is 1. The third-order valence-electron chi connectivity index (χ3n) is 4.79. The van der Waals surface area contributed by atoms with E-state index in [1.54, 1.807) is 0 Å². The molecule has 2 aliphatic rings. The fraction of sp³-hybridized carbons (Fsp3) is 0.867. The van der Waals surface area contributed by atoms with Gasteiger partial charge in [-0.3, -0.25) is 0 Å². The molecule has 1 saturated carbocycles. The molecule has 120 valence electrons. The van der Waals surface area contributed by atoms with Gasteiger partial charge in [0.05, 0.1) is 0 Å². The normalized spacial score (nSPS) is 33.2. The number of urea groups is 1. The summed E-state index contributed by atoms with van der Waals surface area (Å²) in [5.41, 5.74) is -1.07. The van der Waals surface area contributed by atoms with Crippen LogP contribution in [0.3, 0.4) is 0 Å². The number of hydrogen-bond donors (Lipinski definition) is 3. The zero-order valence-corrected chi connectivity index (χ0v) is 13.5. The summed E-state index contributed by atoms with van der Waals surface area (Å²) >= 11 is 1.84. The average molecular weight is 314 g/mol. The molecule has 0 radical (unpaired) electrons. The van der Waals surface area contributed by atoms with E-state index in [1.165, 1.54) is 0 Å². The Kier molecular flexibility index (Phi) is 5.79. The van der Waals surface area contributed by atoms with Gasteiger partial charge in [0.15, 0.2) is 0 Å². The van der Waals surface area contributed by atoms with Gasteiger partial charge in [0.1, 0.15) is 5.54 Å². The van der Waals surface area contributed by atoms with Crippen LogP contribution >= 0.6 is 11.8 Å². The van der Waals surface area contributed by atoms with E-state index in [9.17, 15) is 14.7 Å². The van der Waals surface area contributed by atoms with Crippen LogP contribution in [-0.2, 0) is 4.79 Å². The monoisotopic (exact) mass is 314 g/mol. The maximum absolute atomic E-state index is 12.1. The Bertz CT molecular complexity index is 375. The Hall–Kier alpha value is -0.910. The van der Waals surface area contributed by atoms with Crippen molar-refractivity contribution < 1.29 is 14.7 Å². The molecule has 0 aromatic rings. The largest absolute Gasteiger partial charge is 0.480 e. The number of amides is 2. The molecule has 0 aromatic carbocycles. The van der Waals surface area contributed by atoms with Gasteiger partial charge in [-0.2, -0.15) is 11.8 Å². The van der Waals surface area contributed by atoms with Crippen LogP contribution in [0, 0.1) is 5.92 Å². The molecule has 0 bridgehead atoms. The van der Waals surface area contributed by atoms with Gasteiger partial charge in [-0.15, -0.1) is 0 Å². The van der Waals surface area contributed by atoms with E-state index in [4.69, 9.17) is 0 Å². The van der Waals surface area contributed by atoms with Gasteiger partial charge in [0, 0.05) is 11.8 Å². The zero-order chi connectivity index (χ0) is 15.3. The van der Waals surface area contributed by atoms with Gasteiger partial charge in [-0.1, -0.05) is 13.3 Å². The van der Waals surface area contributed by atoms with E-state index < -0.39 is 11.5 Å². The first-order valence-corrected chi connectivity index (χ1v) is 9.11. The summed E-state index contributed by atoms with van der Waals surface area (Å²) in [6.07, 6.45) is 6.00. The molecule has 2 rings (SSSR count). The Labute approximate surface area is 130 Å². The second kappa shape index (κ2) is 7.38. The van der Waals surface area contributed by atoms with Crippen molar-refractivity contribution in [2.45, 2.75) is 63.5 Å². The third-order valence-corrected chi connectivity index (χ3v) is 6.01. The highest BCUT2D eigenvalue weighted by atomic mass is 32.2. The quantitative estimate of drug-likeness (QED) is 0.745. The summed E-state index contributed by atoms with van der Waals surface area (Å²) in [6, 6.07) is -0.151. The van der Waals surface area contributed by atoms with Crippen LogP contribution in [0.5, 0.6) is 0 Å². The zero-order valence-electron chi connectivity index (χ0n) is 12.7. The van der Waals surface area contributed by atoms with Crippen LogP contribution in [-0.4, -0.2) is 40.2 Å². The van der Waals surface area contributed by atoms with E-state index in [0.29, 0.717) is 18.8 Å². The van der Waals surface area contributed by atoms with Crippen molar-refractivity contribution >= 4 is 23.8 Å². The van der Waals surface area contributed by atoms with Gasteiger partial charge < -0.3 is 15.7 Å². The Morgan fingerprint density at radius 1 is 1.29 bits per heavy atom. The van der Waals surface area contributed by atoms with Crippen molar-refractivity contribution in [1.29, 1.82) is 0 Å². The minimum atomic E-state index is -1.07. The molecule has 2 amide bonds. The van der Waals surface area contributed by atoms with Crippen molar-refractivity contribution in [3.05, 3.63) is 0 Å². The van der Waals surface area contributed by atoms with Gasteiger partial charge in [0.25, 0.3) is 0 Å². The molecule has 3 N–H and O–H groups in total. The van der Waals surface area contributed by atoms with E-state index in [-0.39, 0.29) is 12.1 Å². The van der Waals surface area contributed by atoms with E-state index in [2.05, 4.69) is 17.6 Å². The second-order valence-electron chi connectivity index (χ2n) is 6.25. The molecule has 0 spiro atoms. The van der Waals surface area contributed by atoms with E-state index in [0.717, 1.165) is 43.6 Å². The summed E-state index contributed by atoms with van der Waals surface area (Å²) in [5.74, 6) is 1.77. The molecule has 1 aliphatic carbocycles. The molecule has 1 heterocycles. The molecule has 5 nitrogen and oxygen atoms in total. The van der Waals surface area contributed by atoms with E-state index >= 15 is 0 Å². The van der Waals surface area contributed by atoms with Gasteiger partial charge in [0.2, 0.25) is 0 Å². The molecule has 2 fully saturated rings. The number of carbonyl (C=O) groups is 2. The maximum Gasteiger partial charge on any atom is 0.329 e. The van der Waals surface area contributed by atoms with Crippen molar-refractivity contribution in [3.8, 4) is 0 Å². The lowest BCUT2D eigenvalue weighted by Crippen LogP contribution is -2.60. The molecule has 6 heteroatoms. The smallest absolute Gasteiger partial charge is 0.329 e. The Balaban J connectivity index is 1.90. The predicted molar refractivity (Wildman–Crippen MR) is 84.6 cm³/mol. The van der Waals surface area contributed by atoms with Crippen molar-refractivity contribution in [3.63, 3.8) is 0 Å². The van der Waals surface area contributed by atoms with Crippen LogP contribution in [0.4, 0.5) is 4.79 Å². The number of hydrogen-bond acceptors (Lipinski definition) is 3. The van der Waals surface area contributed by atoms with Gasteiger partial charge >= 0.3 is 12.0 Å². The summed E-state index contributed by atoms with van der Waals surface area (Å²) in [5, 5.41) is 15.3. The SMILES string of the molecule is CCC1CCC(NC(=O)NC2CCCSC2)(C(=O)O)CC1.